The summed E-state index contributed by atoms with van der Waals surface area (Å²) in [4.78, 5) is 0. The molecule has 5 heteroatoms. The molecule has 0 radical (unpaired) electrons. The van der Waals surface area contributed by atoms with Crippen LogP contribution in [0.5, 0.6) is 0 Å². The molecule has 0 aromatic heterocycles. The predicted octanol–water partition coefficient (Wildman–Crippen LogP) is 2.93. The van der Waals surface area contributed by atoms with Gasteiger partial charge in [-0.2, -0.15) is 13.2 Å². The van der Waals surface area contributed by atoms with Gasteiger partial charge in [-0.05, 0) is 48.7 Å². The zero-order valence-electron chi connectivity index (χ0n) is 13.9. The largest absolute Gasteiger partial charge is 0.404 e. The number of benzene rings is 2. The average molecular weight is 334 g/mol. The highest BCUT2D eigenvalue weighted by atomic mass is 19.4. The summed E-state index contributed by atoms with van der Waals surface area (Å²) >= 11 is 0. The van der Waals surface area contributed by atoms with Crippen LogP contribution in [0.2, 0.25) is 0 Å². The highest BCUT2D eigenvalue weighted by molar-refractivity contribution is 5.68. The Bertz CT molecular complexity index is 867. The van der Waals surface area contributed by atoms with Crippen molar-refractivity contribution < 1.29 is 13.2 Å². The Balaban J connectivity index is 2.68. The maximum atomic E-state index is 12.9. The molecule has 1 unspecified atom stereocenters. The van der Waals surface area contributed by atoms with Crippen LogP contribution in [-0.2, 0) is 0 Å². The minimum absolute atomic E-state index is 0.230. The summed E-state index contributed by atoms with van der Waals surface area (Å²) in [5.74, 6) is -1.73. The molecule has 0 spiro atoms. The molecule has 2 aromatic carbocycles. The molecule has 2 aromatic rings. The van der Waals surface area contributed by atoms with E-state index in [4.69, 9.17) is 11.5 Å². The predicted molar refractivity (Wildman–Crippen MR) is 92.1 cm³/mol. The lowest BCUT2D eigenvalue weighted by atomic mass is 9.96. The van der Waals surface area contributed by atoms with Crippen LogP contribution >= 0.6 is 0 Å². The SMILES string of the molecule is Cc1ccc(C)c(-c2ccc(=C(/N)C(C)C(F)(F)F)/c(=C\N)c2)c1. The number of alkyl halides is 3. The van der Waals surface area contributed by atoms with Gasteiger partial charge in [0.15, 0.2) is 0 Å². The molecule has 2 rings (SSSR count). The van der Waals surface area contributed by atoms with E-state index in [2.05, 4.69) is 0 Å². The van der Waals surface area contributed by atoms with Gasteiger partial charge in [0.25, 0.3) is 0 Å². The first-order valence-corrected chi connectivity index (χ1v) is 7.61. The van der Waals surface area contributed by atoms with Crippen LogP contribution in [0.3, 0.4) is 0 Å². The van der Waals surface area contributed by atoms with Gasteiger partial charge in [0.2, 0.25) is 0 Å². The van der Waals surface area contributed by atoms with Gasteiger partial charge in [-0.3, -0.25) is 0 Å². The topological polar surface area (TPSA) is 52.0 Å². The lowest BCUT2D eigenvalue weighted by Crippen LogP contribution is -2.37. The molecular formula is C19H21F3N2. The molecular weight excluding hydrogens is 313 g/mol. The Morgan fingerprint density at radius 2 is 1.75 bits per heavy atom. The second-order valence-corrected chi connectivity index (χ2v) is 6.01. The first kappa shape index (κ1) is 17.9. The van der Waals surface area contributed by atoms with E-state index in [9.17, 15) is 13.2 Å². The number of halogens is 3. The standard InChI is InChI=1S/C19H21F3N2/c1-11-4-5-12(2)17(8-11)14-6-7-16(15(9-14)10-23)18(24)13(3)19(20,21)22/h4-10,13H,23-24H2,1-3H3/b15-10-,18-16-. The Labute approximate surface area is 139 Å². The maximum absolute atomic E-state index is 12.9. The van der Waals surface area contributed by atoms with E-state index in [-0.39, 0.29) is 5.70 Å². The first-order chi connectivity index (χ1) is 11.1. The van der Waals surface area contributed by atoms with Crippen LogP contribution in [0.1, 0.15) is 18.1 Å². The lowest BCUT2D eigenvalue weighted by molar-refractivity contribution is -0.154. The molecule has 4 N–H and O–H groups in total. The van der Waals surface area contributed by atoms with E-state index in [1.807, 2.05) is 32.0 Å². The van der Waals surface area contributed by atoms with Crippen molar-refractivity contribution in [2.45, 2.75) is 26.9 Å². The summed E-state index contributed by atoms with van der Waals surface area (Å²) in [6.07, 6.45) is -3.10. The first-order valence-electron chi connectivity index (χ1n) is 7.61. The van der Waals surface area contributed by atoms with Crippen LogP contribution in [-0.4, -0.2) is 6.18 Å². The molecule has 0 amide bonds. The van der Waals surface area contributed by atoms with Crippen molar-refractivity contribution >= 4 is 11.9 Å². The monoisotopic (exact) mass is 334 g/mol. The van der Waals surface area contributed by atoms with Gasteiger partial charge in [0, 0.05) is 17.1 Å². The van der Waals surface area contributed by atoms with E-state index in [1.54, 1.807) is 18.2 Å². The van der Waals surface area contributed by atoms with Crippen molar-refractivity contribution in [1.29, 1.82) is 0 Å². The van der Waals surface area contributed by atoms with Gasteiger partial charge in [0.05, 0.1) is 5.92 Å². The van der Waals surface area contributed by atoms with Crippen LogP contribution in [0.4, 0.5) is 13.2 Å². The lowest BCUT2D eigenvalue weighted by Gasteiger charge is -2.16. The minimum Gasteiger partial charge on any atom is -0.404 e. The smallest absolute Gasteiger partial charge is 0.396 e. The van der Waals surface area contributed by atoms with Gasteiger partial charge < -0.3 is 11.5 Å². The fourth-order valence-electron chi connectivity index (χ4n) is 2.59. The Morgan fingerprint density at radius 1 is 1.08 bits per heavy atom. The normalized spacial score (nSPS) is 15.3. The summed E-state index contributed by atoms with van der Waals surface area (Å²) in [6.45, 7) is 5.03. The molecule has 0 saturated heterocycles. The molecule has 0 aliphatic carbocycles. The Hall–Kier alpha value is -2.43. The number of rotatable bonds is 2. The van der Waals surface area contributed by atoms with Gasteiger partial charge in [-0.25, -0.2) is 0 Å². The second kappa shape index (κ2) is 6.59. The van der Waals surface area contributed by atoms with Gasteiger partial charge in [-0.15, -0.1) is 0 Å². The summed E-state index contributed by atoms with van der Waals surface area (Å²) in [5, 5.41) is 0.804. The molecule has 24 heavy (non-hydrogen) atoms. The summed E-state index contributed by atoms with van der Waals surface area (Å²) in [6, 6.07) is 11.2. The van der Waals surface area contributed by atoms with Crippen molar-refractivity contribution in [3.63, 3.8) is 0 Å². The number of hydrogen-bond acceptors (Lipinski definition) is 2. The average Bonchev–Trinajstić information content (AvgIpc) is 2.54. The third-order valence-electron chi connectivity index (χ3n) is 4.20. The van der Waals surface area contributed by atoms with Gasteiger partial charge in [-0.1, -0.05) is 35.9 Å². The van der Waals surface area contributed by atoms with E-state index >= 15 is 0 Å². The summed E-state index contributed by atoms with van der Waals surface area (Å²) in [5.41, 5.74) is 15.3. The Morgan fingerprint density at radius 3 is 2.33 bits per heavy atom. The maximum Gasteiger partial charge on any atom is 0.396 e. The van der Waals surface area contributed by atoms with E-state index in [0.717, 1.165) is 29.2 Å². The third-order valence-corrected chi connectivity index (χ3v) is 4.20. The molecule has 0 saturated carbocycles. The van der Waals surface area contributed by atoms with Gasteiger partial charge in [0.1, 0.15) is 0 Å². The van der Waals surface area contributed by atoms with Crippen LogP contribution in [0, 0.1) is 19.8 Å². The summed E-state index contributed by atoms with van der Waals surface area (Å²) in [7, 11) is 0. The van der Waals surface area contributed by atoms with Gasteiger partial charge >= 0.3 is 6.18 Å². The highest BCUT2D eigenvalue weighted by Crippen LogP contribution is 2.29. The minimum atomic E-state index is -4.39. The van der Waals surface area contributed by atoms with Crippen LogP contribution in [0.25, 0.3) is 23.0 Å². The van der Waals surface area contributed by atoms with Crippen molar-refractivity contribution in [2.75, 3.05) is 0 Å². The number of hydrogen-bond donors (Lipinski definition) is 2. The van der Waals surface area contributed by atoms with E-state index < -0.39 is 12.1 Å². The molecule has 1 atom stereocenters. The molecule has 0 bridgehead atoms. The van der Waals surface area contributed by atoms with Crippen LogP contribution in [0.15, 0.2) is 36.4 Å². The number of nitrogens with two attached hydrogens (primary N) is 2. The van der Waals surface area contributed by atoms with Crippen LogP contribution < -0.4 is 21.9 Å². The summed E-state index contributed by atoms with van der Waals surface area (Å²) < 4.78 is 38.8. The highest BCUT2D eigenvalue weighted by Gasteiger charge is 2.37. The second-order valence-electron chi connectivity index (χ2n) is 6.01. The molecule has 0 aliphatic rings. The molecule has 128 valence electrons. The fourth-order valence-corrected chi connectivity index (χ4v) is 2.59. The van der Waals surface area contributed by atoms with Crippen molar-refractivity contribution in [3.05, 3.63) is 58.0 Å². The van der Waals surface area contributed by atoms with Crippen molar-refractivity contribution in [3.8, 4) is 11.1 Å². The molecule has 2 nitrogen and oxygen atoms in total. The van der Waals surface area contributed by atoms with E-state index in [0.29, 0.717) is 10.4 Å². The Kier molecular flexibility index (Phi) is 4.92. The quantitative estimate of drug-likeness (QED) is 0.887. The fraction of sp³-hybridized carbons (Fsp3) is 0.263. The zero-order valence-corrected chi connectivity index (χ0v) is 13.9. The van der Waals surface area contributed by atoms with E-state index in [1.165, 1.54) is 6.20 Å². The van der Waals surface area contributed by atoms with Crippen molar-refractivity contribution in [1.82, 2.24) is 0 Å². The molecule has 0 heterocycles. The molecule has 0 aliphatic heterocycles. The third kappa shape index (κ3) is 3.55. The molecule has 0 fully saturated rings. The number of aryl methyl sites for hydroxylation is 2. The van der Waals surface area contributed by atoms with Crippen molar-refractivity contribution in [2.24, 2.45) is 17.4 Å². The zero-order chi connectivity index (χ0) is 18.1.